The summed E-state index contributed by atoms with van der Waals surface area (Å²) in [4.78, 5) is 3.43. The maximum absolute atomic E-state index is 5.73. The number of H-pyrrole nitrogens is 1. The third-order valence-electron chi connectivity index (χ3n) is 3.49. The summed E-state index contributed by atoms with van der Waals surface area (Å²) in [5.41, 5.74) is 2.25. The molecule has 0 radical (unpaired) electrons. The molecule has 0 saturated carbocycles. The van der Waals surface area contributed by atoms with Gasteiger partial charge in [0.25, 0.3) is 0 Å². The Hall–Kier alpha value is -2.16. The van der Waals surface area contributed by atoms with Gasteiger partial charge >= 0.3 is 0 Å². The van der Waals surface area contributed by atoms with Crippen LogP contribution in [0.1, 0.15) is 26.7 Å². The monoisotopic (exact) mass is 283 g/mol. The second kappa shape index (κ2) is 6.08. The van der Waals surface area contributed by atoms with Crippen LogP contribution >= 0.6 is 0 Å². The Morgan fingerprint density at radius 3 is 1.67 bits per heavy atom. The highest BCUT2D eigenvalue weighted by Crippen LogP contribution is 2.31. The first kappa shape index (κ1) is 13.8. The van der Waals surface area contributed by atoms with Crippen LogP contribution in [-0.4, -0.2) is 18.2 Å². The molecule has 3 rings (SSSR count). The van der Waals surface area contributed by atoms with Gasteiger partial charge in [-0.15, -0.1) is 0 Å². The first-order valence-corrected chi connectivity index (χ1v) is 7.63. The number of hydrogen-bond acceptors (Lipinski definition) is 2. The van der Waals surface area contributed by atoms with Crippen LogP contribution in [0.25, 0.3) is 21.8 Å². The van der Waals surface area contributed by atoms with E-state index < -0.39 is 0 Å². The molecule has 0 atom stereocenters. The van der Waals surface area contributed by atoms with Gasteiger partial charge in [0.15, 0.2) is 0 Å². The van der Waals surface area contributed by atoms with Gasteiger partial charge in [-0.2, -0.15) is 0 Å². The molecule has 3 heteroatoms. The van der Waals surface area contributed by atoms with Crippen molar-refractivity contribution in [1.29, 1.82) is 0 Å². The first-order valence-electron chi connectivity index (χ1n) is 7.63. The zero-order valence-electron chi connectivity index (χ0n) is 12.6. The summed E-state index contributed by atoms with van der Waals surface area (Å²) in [6.45, 7) is 5.72. The smallest absolute Gasteiger partial charge is 0.120 e. The summed E-state index contributed by atoms with van der Waals surface area (Å²) in [5.74, 6) is 1.84. The third kappa shape index (κ3) is 2.82. The van der Waals surface area contributed by atoms with Gasteiger partial charge in [0.05, 0.1) is 13.2 Å². The topological polar surface area (TPSA) is 34.2 Å². The van der Waals surface area contributed by atoms with Crippen LogP contribution in [0, 0.1) is 0 Å². The largest absolute Gasteiger partial charge is 0.494 e. The van der Waals surface area contributed by atoms with Crippen LogP contribution in [0.3, 0.4) is 0 Å². The van der Waals surface area contributed by atoms with Gasteiger partial charge in [-0.05, 0) is 49.2 Å². The molecule has 0 saturated heterocycles. The summed E-state index contributed by atoms with van der Waals surface area (Å²) in [7, 11) is 0. The molecular weight excluding hydrogens is 262 g/mol. The van der Waals surface area contributed by atoms with Crippen molar-refractivity contribution in [2.45, 2.75) is 26.7 Å². The molecule has 2 aromatic carbocycles. The molecule has 0 aliphatic carbocycles. The molecule has 3 nitrogen and oxygen atoms in total. The molecular formula is C18H21NO2. The summed E-state index contributed by atoms with van der Waals surface area (Å²) in [6, 6.07) is 12.4. The molecule has 1 heterocycles. The van der Waals surface area contributed by atoms with E-state index in [1.165, 1.54) is 10.8 Å². The lowest BCUT2D eigenvalue weighted by atomic mass is 10.1. The zero-order valence-corrected chi connectivity index (χ0v) is 12.6. The molecule has 21 heavy (non-hydrogen) atoms. The van der Waals surface area contributed by atoms with Gasteiger partial charge in [0, 0.05) is 21.8 Å². The van der Waals surface area contributed by atoms with Crippen molar-refractivity contribution in [3.8, 4) is 11.5 Å². The number of benzene rings is 2. The Labute approximate surface area is 124 Å². The van der Waals surface area contributed by atoms with E-state index >= 15 is 0 Å². The fourth-order valence-electron chi connectivity index (χ4n) is 2.47. The maximum Gasteiger partial charge on any atom is 0.120 e. The van der Waals surface area contributed by atoms with Crippen LogP contribution in [0.5, 0.6) is 11.5 Å². The van der Waals surface area contributed by atoms with E-state index in [4.69, 9.17) is 9.47 Å². The van der Waals surface area contributed by atoms with Crippen molar-refractivity contribution in [3.05, 3.63) is 36.4 Å². The van der Waals surface area contributed by atoms with Crippen molar-refractivity contribution >= 4 is 21.8 Å². The lowest BCUT2D eigenvalue weighted by Crippen LogP contribution is -1.94. The fraction of sp³-hybridized carbons (Fsp3) is 0.333. The maximum atomic E-state index is 5.73. The second-order valence-corrected chi connectivity index (χ2v) is 5.24. The van der Waals surface area contributed by atoms with Crippen molar-refractivity contribution in [2.75, 3.05) is 13.2 Å². The van der Waals surface area contributed by atoms with Crippen molar-refractivity contribution < 1.29 is 9.47 Å². The van der Waals surface area contributed by atoms with Crippen molar-refractivity contribution in [1.82, 2.24) is 4.98 Å². The molecule has 0 unspecified atom stereocenters. The summed E-state index contributed by atoms with van der Waals surface area (Å²) >= 11 is 0. The van der Waals surface area contributed by atoms with Crippen molar-refractivity contribution in [3.63, 3.8) is 0 Å². The highest BCUT2D eigenvalue weighted by Gasteiger charge is 2.07. The highest BCUT2D eigenvalue weighted by atomic mass is 16.5. The van der Waals surface area contributed by atoms with Gasteiger partial charge in [-0.1, -0.05) is 13.8 Å². The number of fused-ring (bicyclic) bond motifs is 3. The summed E-state index contributed by atoms with van der Waals surface area (Å²) < 4.78 is 11.5. The normalized spacial score (nSPS) is 11.1. The average molecular weight is 283 g/mol. The van der Waals surface area contributed by atoms with Gasteiger partial charge in [-0.25, -0.2) is 0 Å². The summed E-state index contributed by atoms with van der Waals surface area (Å²) in [6.07, 6.45) is 2.03. The number of aromatic amines is 1. The minimum Gasteiger partial charge on any atom is -0.494 e. The SMILES string of the molecule is CCCOc1ccc2[nH]c3ccc(OCCC)cc3c2c1. The van der Waals surface area contributed by atoms with E-state index in [1.54, 1.807) is 0 Å². The van der Waals surface area contributed by atoms with E-state index in [0.29, 0.717) is 0 Å². The molecule has 3 aromatic rings. The highest BCUT2D eigenvalue weighted by molar-refractivity contribution is 6.08. The van der Waals surface area contributed by atoms with Crippen LogP contribution < -0.4 is 9.47 Å². The number of nitrogens with one attached hydrogen (secondary N) is 1. The number of rotatable bonds is 6. The van der Waals surface area contributed by atoms with E-state index in [1.807, 2.05) is 12.1 Å². The molecule has 1 N–H and O–H groups in total. The van der Waals surface area contributed by atoms with E-state index in [0.717, 1.165) is 48.6 Å². The Balaban J connectivity index is 2.03. The lowest BCUT2D eigenvalue weighted by molar-refractivity contribution is 0.317. The average Bonchev–Trinajstić information content (AvgIpc) is 2.88. The molecule has 1 aromatic heterocycles. The third-order valence-corrected chi connectivity index (χ3v) is 3.49. The van der Waals surface area contributed by atoms with Gasteiger partial charge in [0.2, 0.25) is 0 Å². The van der Waals surface area contributed by atoms with Gasteiger partial charge in [0.1, 0.15) is 11.5 Å². The molecule has 0 amide bonds. The second-order valence-electron chi connectivity index (χ2n) is 5.24. The quantitative estimate of drug-likeness (QED) is 0.698. The van der Waals surface area contributed by atoms with Crippen LogP contribution in [-0.2, 0) is 0 Å². The number of ether oxygens (including phenoxy) is 2. The Kier molecular flexibility index (Phi) is 4.00. The van der Waals surface area contributed by atoms with Crippen LogP contribution in [0.15, 0.2) is 36.4 Å². The lowest BCUT2D eigenvalue weighted by Gasteiger charge is -2.05. The first-order chi connectivity index (χ1) is 10.3. The van der Waals surface area contributed by atoms with Gasteiger partial charge in [-0.3, -0.25) is 0 Å². The van der Waals surface area contributed by atoms with Crippen molar-refractivity contribution in [2.24, 2.45) is 0 Å². The molecule has 0 aliphatic heterocycles. The Bertz CT molecular complexity index is 683. The predicted molar refractivity (Wildman–Crippen MR) is 87.4 cm³/mol. The molecule has 0 bridgehead atoms. The molecule has 0 spiro atoms. The summed E-state index contributed by atoms with van der Waals surface area (Å²) in [5, 5.41) is 2.36. The molecule has 110 valence electrons. The minimum absolute atomic E-state index is 0.749. The standard InChI is InChI=1S/C18H21NO2/c1-3-9-20-13-5-7-17-15(11-13)16-12-14(21-10-4-2)6-8-18(16)19-17/h5-8,11-12,19H,3-4,9-10H2,1-2H3. The molecule has 0 fully saturated rings. The number of aromatic nitrogens is 1. The minimum atomic E-state index is 0.749. The Morgan fingerprint density at radius 1 is 0.762 bits per heavy atom. The van der Waals surface area contributed by atoms with E-state index in [9.17, 15) is 0 Å². The van der Waals surface area contributed by atoms with Crippen LogP contribution in [0.2, 0.25) is 0 Å². The number of hydrogen-bond donors (Lipinski definition) is 1. The molecule has 0 aliphatic rings. The van der Waals surface area contributed by atoms with Gasteiger partial charge < -0.3 is 14.5 Å². The van der Waals surface area contributed by atoms with E-state index in [-0.39, 0.29) is 0 Å². The zero-order chi connectivity index (χ0) is 14.7. The predicted octanol–water partition coefficient (Wildman–Crippen LogP) is 4.90. The van der Waals surface area contributed by atoms with Crippen LogP contribution in [0.4, 0.5) is 0 Å². The Morgan fingerprint density at radius 2 is 1.24 bits per heavy atom. The fourth-order valence-corrected chi connectivity index (χ4v) is 2.47. The van der Waals surface area contributed by atoms with E-state index in [2.05, 4.69) is 43.1 Å².